The zero-order valence-electron chi connectivity index (χ0n) is 25.6. The van der Waals surface area contributed by atoms with Gasteiger partial charge in [-0.1, -0.05) is 44.5 Å². The normalized spacial score (nSPS) is 17.4. The summed E-state index contributed by atoms with van der Waals surface area (Å²) < 4.78 is 14.9. The van der Waals surface area contributed by atoms with Crippen molar-refractivity contribution in [1.82, 2.24) is 19.4 Å². The molecule has 0 atom stereocenters. The summed E-state index contributed by atoms with van der Waals surface area (Å²) in [7, 11) is 0. The van der Waals surface area contributed by atoms with E-state index in [2.05, 4.69) is 46.4 Å². The molecule has 5 rings (SSSR count). The van der Waals surface area contributed by atoms with E-state index in [1.165, 1.54) is 84.1 Å². The van der Waals surface area contributed by atoms with Gasteiger partial charge in [0.2, 0.25) is 0 Å². The summed E-state index contributed by atoms with van der Waals surface area (Å²) in [6, 6.07) is 16.5. The second-order valence-electron chi connectivity index (χ2n) is 12.6. The van der Waals surface area contributed by atoms with Crippen molar-refractivity contribution in [3.63, 3.8) is 0 Å². The fourth-order valence-corrected chi connectivity index (χ4v) is 6.44. The van der Waals surface area contributed by atoms with Gasteiger partial charge in [0.15, 0.2) is 0 Å². The standard InChI is InChI=1S/C35H52N4O2/c1-29(2)17-24-38-25-18-30(19-26-38)12-10-23-39-32-15-9-16-33(40-27-11-22-37-20-7-4-8-21-37)35(32)36-34(39)28-41-31-13-5-3-6-14-31/h3,5-6,9,13-16,29-30H,4,7-8,10-12,17-28H2,1-2H3. The van der Waals surface area contributed by atoms with Crippen LogP contribution < -0.4 is 9.47 Å². The molecule has 0 N–H and O–H groups in total. The van der Waals surface area contributed by atoms with Crippen LogP contribution in [-0.4, -0.2) is 65.2 Å². The van der Waals surface area contributed by atoms with Crippen LogP contribution in [-0.2, 0) is 13.2 Å². The van der Waals surface area contributed by atoms with Crippen molar-refractivity contribution in [2.24, 2.45) is 11.8 Å². The van der Waals surface area contributed by atoms with E-state index in [0.29, 0.717) is 6.61 Å². The Morgan fingerprint density at radius 1 is 0.805 bits per heavy atom. The Morgan fingerprint density at radius 3 is 2.37 bits per heavy atom. The highest BCUT2D eigenvalue weighted by molar-refractivity contribution is 5.82. The van der Waals surface area contributed by atoms with Crippen LogP contribution in [0.15, 0.2) is 48.5 Å². The number of nitrogens with zero attached hydrogens (tertiary/aromatic N) is 4. The minimum Gasteiger partial charge on any atom is -0.491 e. The van der Waals surface area contributed by atoms with Crippen LogP contribution in [0.25, 0.3) is 11.0 Å². The first-order valence-corrected chi connectivity index (χ1v) is 16.4. The van der Waals surface area contributed by atoms with Gasteiger partial charge in [0.05, 0.1) is 12.1 Å². The van der Waals surface area contributed by atoms with Crippen LogP contribution in [0.5, 0.6) is 11.5 Å². The van der Waals surface area contributed by atoms with E-state index in [1.54, 1.807) is 0 Å². The lowest BCUT2D eigenvalue weighted by Crippen LogP contribution is -2.34. The van der Waals surface area contributed by atoms with E-state index in [9.17, 15) is 0 Å². The van der Waals surface area contributed by atoms with Gasteiger partial charge in [-0.25, -0.2) is 4.98 Å². The van der Waals surface area contributed by atoms with Crippen LogP contribution in [0.1, 0.15) is 77.5 Å². The molecule has 0 bridgehead atoms. The third kappa shape index (κ3) is 8.96. The molecule has 3 aromatic rings. The Hall–Kier alpha value is -2.57. The number of imidazole rings is 1. The number of aryl methyl sites for hydroxylation is 1. The fraction of sp³-hybridized carbons (Fsp3) is 0.629. The molecule has 1 aromatic heterocycles. The van der Waals surface area contributed by atoms with E-state index in [4.69, 9.17) is 14.5 Å². The summed E-state index contributed by atoms with van der Waals surface area (Å²) in [5, 5.41) is 0. The van der Waals surface area contributed by atoms with Gasteiger partial charge in [0.1, 0.15) is 29.4 Å². The number of hydrogen-bond acceptors (Lipinski definition) is 5. The van der Waals surface area contributed by atoms with Crippen molar-refractivity contribution < 1.29 is 9.47 Å². The lowest BCUT2D eigenvalue weighted by Gasteiger charge is -2.32. The van der Waals surface area contributed by atoms with Crippen molar-refractivity contribution in [2.75, 3.05) is 45.9 Å². The zero-order valence-corrected chi connectivity index (χ0v) is 25.6. The number of para-hydroxylation sites is 2. The lowest BCUT2D eigenvalue weighted by atomic mass is 9.92. The maximum Gasteiger partial charge on any atom is 0.148 e. The molecule has 2 fully saturated rings. The maximum atomic E-state index is 6.34. The van der Waals surface area contributed by atoms with E-state index >= 15 is 0 Å². The molecule has 2 aromatic carbocycles. The SMILES string of the molecule is CC(C)CCN1CCC(CCCn2c(COc3ccccc3)nc3c(OCCCN4CCCCC4)cccc32)CC1. The van der Waals surface area contributed by atoms with Crippen molar-refractivity contribution in [3.8, 4) is 11.5 Å². The zero-order chi connectivity index (χ0) is 28.3. The second kappa shape index (κ2) is 15.6. The topological polar surface area (TPSA) is 42.8 Å². The number of ether oxygens (including phenoxy) is 2. The van der Waals surface area contributed by atoms with Gasteiger partial charge in [0, 0.05) is 13.1 Å². The van der Waals surface area contributed by atoms with Gasteiger partial charge in [0.25, 0.3) is 0 Å². The summed E-state index contributed by atoms with van der Waals surface area (Å²) in [6.07, 6.45) is 11.5. The molecular formula is C35H52N4O2. The number of likely N-dealkylation sites (tertiary alicyclic amines) is 2. The molecule has 3 heterocycles. The first-order valence-electron chi connectivity index (χ1n) is 16.4. The lowest BCUT2D eigenvalue weighted by molar-refractivity contribution is 0.169. The van der Waals surface area contributed by atoms with Crippen LogP contribution in [0, 0.1) is 11.8 Å². The molecule has 6 nitrogen and oxygen atoms in total. The Balaban J connectivity index is 1.20. The minimum atomic E-state index is 0.460. The number of piperidine rings is 2. The Bertz CT molecular complexity index is 1160. The number of rotatable bonds is 15. The molecule has 0 amide bonds. The van der Waals surface area contributed by atoms with Crippen molar-refractivity contribution in [2.45, 2.75) is 84.8 Å². The quantitative estimate of drug-likeness (QED) is 0.181. The second-order valence-corrected chi connectivity index (χ2v) is 12.6. The molecule has 6 heteroatoms. The van der Waals surface area contributed by atoms with Crippen molar-refractivity contribution in [1.29, 1.82) is 0 Å². The van der Waals surface area contributed by atoms with Crippen molar-refractivity contribution in [3.05, 3.63) is 54.4 Å². The van der Waals surface area contributed by atoms with Gasteiger partial charge >= 0.3 is 0 Å². The predicted octanol–water partition coefficient (Wildman–Crippen LogP) is 7.41. The third-order valence-corrected chi connectivity index (χ3v) is 8.98. The summed E-state index contributed by atoms with van der Waals surface area (Å²) in [5.74, 6) is 4.39. The number of fused-ring (bicyclic) bond motifs is 1. The van der Waals surface area contributed by atoms with Crippen LogP contribution >= 0.6 is 0 Å². The summed E-state index contributed by atoms with van der Waals surface area (Å²) in [5.41, 5.74) is 2.13. The highest BCUT2D eigenvalue weighted by atomic mass is 16.5. The van der Waals surface area contributed by atoms with Gasteiger partial charge in [-0.2, -0.15) is 0 Å². The monoisotopic (exact) mass is 560 g/mol. The first kappa shape index (κ1) is 29.9. The molecule has 0 radical (unpaired) electrons. The minimum absolute atomic E-state index is 0.460. The first-order chi connectivity index (χ1) is 20.2. The van der Waals surface area contributed by atoms with E-state index in [-0.39, 0.29) is 0 Å². The van der Waals surface area contributed by atoms with Crippen LogP contribution in [0.3, 0.4) is 0 Å². The number of aromatic nitrogens is 2. The third-order valence-electron chi connectivity index (χ3n) is 8.98. The summed E-state index contributed by atoms with van der Waals surface area (Å²) >= 11 is 0. The Kier molecular flexibility index (Phi) is 11.4. The predicted molar refractivity (Wildman–Crippen MR) is 169 cm³/mol. The molecule has 41 heavy (non-hydrogen) atoms. The molecule has 224 valence electrons. The molecule has 2 saturated heterocycles. The summed E-state index contributed by atoms with van der Waals surface area (Å²) in [6.45, 7) is 14.2. The van der Waals surface area contributed by atoms with Gasteiger partial charge in [-0.3, -0.25) is 0 Å². The molecule has 2 aliphatic heterocycles. The summed E-state index contributed by atoms with van der Waals surface area (Å²) in [4.78, 5) is 10.4. The smallest absolute Gasteiger partial charge is 0.148 e. The van der Waals surface area contributed by atoms with Gasteiger partial charge in [-0.05, 0) is 120 Å². The van der Waals surface area contributed by atoms with Gasteiger partial charge in [-0.15, -0.1) is 0 Å². The van der Waals surface area contributed by atoms with E-state index in [1.807, 2.05) is 30.3 Å². The number of benzene rings is 2. The molecule has 0 spiro atoms. The average Bonchev–Trinajstić information content (AvgIpc) is 3.37. The van der Waals surface area contributed by atoms with Gasteiger partial charge < -0.3 is 23.8 Å². The molecule has 0 unspecified atom stereocenters. The molecule has 0 aliphatic carbocycles. The largest absolute Gasteiger partial charge is 0.491 e. The Labute approximate surface area is 248 Å². The van der Waals surface area contributed by atoms with Crippen molar-refractivity contribution >= 4 is 11.0 Å². The molecule has 0 saturated carbocycles. The fourth-order valence-electron chi connectivity index (χ4n) is 6.44. The molecular weight excluding hydrogens is 508 g/mol. The molecule has 2 aliphatic rings. The van der Waals surface area contributed by atoms with E-state index < -0.39 is 0 Å². The van der Waals surface area contributed by atoms with Crippen LogP contribution in [0.4, 0.5) is 0 Å². The van der Waals surface area contributed by atoms with E-state index in [0.717, 1.165) is 66.3 Å². The average molecular weight is 561 g/mol. The highest BCUT2D eigenvalue weighted by Crippen LogP contribution is 2.29. The highest BCUT2D eigenvalue weighted by Gasteiger charge is 2.20. The number of hydrogen-bond donors (Lipinski definition) is 0. The van der Waals surface area contributed by atoms with Crippen LogP contribution in [0.2, 0.25) is 0 Å². The maximum absolute atomic E-state index is 6.34. The Morgan fingerprint density at radius 2 is 1.59 bits per heavy atom.